The van der Waals surface area contributed by atoms with Crippen LogP contribution in [0.2, 0.25) is 0 Å². The van der Waals surface area contributed by atoms with Crippen molar-refractivity contribution in [2.24, 2.45) is 5.92 Å². The van der Waals surface area contributed by atoms with E-state index in [9.17, 15) is 4.79 Å². The molecular formula is C17H30O2. The number of carbonyl (C=O) groups is 1. The Morgan fingerprint density at radius 3 is 2.21 bits per heavy atom. The van der Waals surface area contributed by atoms with Gasteiger partial charge in [0.05, 0.1) is 12.5 Å². The van der Waals surface area contributed by atoms with Crippen LogP contribution >= 0.6 is 0 Å². The Morgan fingerprint density at radius 1 is 1.00 bits per heavy atom. The second-order valence-electron chi connectivity index (χ2n) is 5.70. The maximum Gasteiger partial charge on any atom is 0.308 e. The molecule has 0 saturated heterocycles. The maximum absolute atomic E-state index is 11.7. The van der Waals surface area contributed by atoms with Crippen LogP contribution in [0.15, 0.2) is 12.7 Å². The standard InChI is InChI=1S/C17H30O2/c1-2-3-4-5-6-7-8-9-12-15-19-17(18)16-13-10-11-14-16/h2,16H,1,3-15H2. The van der Waals surface area contributed by atoms with Crippen molar-refractivity contribution in [1.29, 1.82) is 0 Å². The Morgan fingerprint density at radius 2 is 1.58 bits per heavy atom. The summed E-state index contributed by atoms with van der Waals surface area (Å²) in [4.78, 5) is 11.7. The van der Waals surface area contributed by atoms with E-state index < -0.39 is 0 Å². The van der Waals surface area contributed by atoms with Crippen LogP contribution in [-0.2, 0) is 9.53 Å². The number of hydrogen-bond acceptors (Lipinski definition) is 2. The fourth-order valence-electron chi connectivity index (χ4n) is 2.73. The summed E-state index contributed by atoms with van der Waals surface area (Å²) < 4.78 is 5.34. The normalized spacial score (nSPS) is 15.6. The third-order valence-corrected chi connectivity index (χ3v) is 3.99. The fraction of sp³-hybridized carbons (Fsp3) is 0.824. The van der Waals surface area contributed by atoms with Gasteiger partial charge in [-0.1, -0.05) is 51.0 Å². The minimum Gasteiger partial charge on any atom is -0.465 e. The van der Waals surface area contributed by atoms with Gasteiger partial charge in [0.15, 0.2) is 0 Å². The van der Waals surface area contributed by atoms with Crippen LogP contribution in [0.1, 0.15) is 77.0 Å². The van der Waals surface area contributed by atoms with Crippen LogP contribution in [0.3, 0.4) is 0 Å². The zero-order valence-electron chi connectivity index (χ0n) is 12.4. The first-order chi connectivity index (χ1) is 9.34. The van der Waals surface area contributed by atoms with Crippen LogP contribution in [0.4, 0.5) is 0 Å². The highest BCUT2D eigenvalue weighted by molar-refractivity contribution is 5.72. The van der Waals surface area contributed by atoms with E-state index >= 15 is 0 Å². The molecule has 2 heteroatoms. The van der Waals surface area contributed by atoms with E-state index in [1.807, 2.05) is 6.08 Å². The van der Waals surface area contributed by atoms with Gasteiger partial charge in [-0.05, 0) is 32.1 Å². The molecule has 1 fully saturated rings. The summed E-state index contributed by atoms with van der Waals surface area (Å²) in [7, 11) is 0. The lowest BCUT2D eigenvalue weighted by molar-refractivity contribution is -0.148. The summed E-state index contributed by atoms with van der Waals surface area (Å²) in [6.07, 6.45) is 16.4. The minimum atomic E-state index is 0.0573. The summed E-state index contributed by atoms with van der Waals surface area (Å²) in [5.41, 5.74) is 0. The maximum atomic E-state index is 11.7. The molecule has 0 radical (unpaired) electrons. The predicted octanol–water partition coefficient (Wildman–Crippen LogP) is 5.03. The minimum absolute atomic E-state index is 0.0573. The number of ether oxygens (including phenoxy) is 1. The Balaban J connectivity index is 1.80. The number of allylic oxidation sites excluding steroid dienone is 1. The zero-order chi connectivity index (χ0) is 13.8. The van der Waals surface area contributed by atoms with Crippen molar-refractivity contribution in [3.63, 3.8) is 0 Å². The van der Waals surface area contributed by atoms with Crippen molar-refractivity contribution < 1.29 is 9.53 Å². The molecule has 1 rings (SSSR count). The molecule has 1 aliphatic rings. The molecule has 0 bridgehead atoms. The van der Waals surface area contributed by atoms with Crippen molar-refractivity contribution in [3.8, 4) is 0 Å². The average molecular weight is 266 g/mol. The molecule has 0 N–H and O–H groups in total. The second kappa shape index (κ2) is 11.1. The highest BCUT2D eigenvalue weighted by Gasteiger charge is 2.23. The van der Waals surface area contributed by atoms with E-state index in [1.165, 1.54) is 51.4 Å². The van der Waals surface area contributed by atoms with Gasteiger partial charge in [0.2, 0.25) is 0 Å². The number of unbranched alkanes of at least 4 members (excludes halogenated alkanes) is 7. The van der Waals surface area contributed by atoms with Gasteiger partial charge in [0, 0.05) is 0 Å². The molecule has 0 aromatic carbocycles. The first-order valence-corrected chi connectivity index (χ1v) is 8.12. The van der Waals surface area contributed by atoms with E-state index in [-0.39, 0.29) is 11.9 Å². The van der Waals surface area contributed by atoms with E-state index in [0.29, 0.717) is 6.61 Å². The van der Waals surface area contributed by atoms with Gasteiger partial charge in [-0.15, -0.1) is 6.58 Å². The van der Waals surface area contributed by atoms with Gasteiger partial charge in [0.25, 0.3) is 0 Å². The highest BCUT2D eigenvalue weighted by Crippen LogP contribution is 2.25. The van der Waals surface area contributed by atoms with Crippen molar-refractivity contribution in [2.75, 3.05) is 6.61 Å². The summed E-state index contributed by atoms with van der Waals surface area (Å²) in [6.45, 7) is 4.36. The lowest BCUT2D eigenvalue weighted by Crippen LogP contribution is -2.15. The Labute approximate surface area is 118 Å². The average Bonchev–Trinajstić information content (AvgIpc) is 2.95. The molecule has 0 aromatic rings. The SMILES string of the molecule is C=CCCCCCCCCCOC(=O)C1CCCC1. The quantitative estimate of drug-likeness (QED) is 0.298. The van der Waals surface area contributed by atoms with Crippen molar-refractivity contribution >= 4 is 5.97 Å². The van der Waals surface area contributed by atoms with Gasteiger partial charge in [-0.3, -0.25) is 4.79 Å². The summed E-state index contributed by atoms with van der Waals surface area (Å²) >= 11 is 0. The molecule has 19 heavy (non-hydrogen) atoms. The summed E-state index contributed by atoms with van der Waals surface area (Å²) in [5, 5.41) is 0. The number of rotatable bonds is 11. The summed E-state index contributed by atoms with van der Waals surface area (Å²) in [5.74, 6) is 0.270. The number of hydrogen-bond donors (Lipinski definition) is 0. The van der Waals surface area contributed by atoms with Crippen LogP contribution in [0, 0.1) is 5.92 Å². The predicted molar refractivity (Wildman–Crippen MR) is 80.1 cm³/mol. The van der Waals surface area contributed by atoms with Crippen LogP contribution in [0.5, 0.6) is 0 Å². The molecule has 1 saturated carbocycles. The van der Waals surface area contributed by atoms with Crippen molar-refractivity contribution in [2.45, 2.75) is 77.0 Å². The molecule has 110 valence electrons. The molecule has 2 nitrogen and oxygen atoms in total. The molecule has 0 atom stereocenters. The fourth-order valence-corrected chi connectivity index (χ4v) is 2.73. The third-order valence-electron chi connectivity index (χ3n) is 3.99. The van der Waals surface area contributed by atoms with Gasteiger partial charge >= 0.3 is 5.97 Å². The van der Waals surface area contributed by atoms with Gasteiger partial charge in [-0.25, -0.2) is 0 Å². The van der Waals surface area contributed by atoms with Gasteiger partial charge < -0.3 is 4.74 Å². The van der Waals surface area contributed by atoms with Crippen molar-refractivity contribution in [3.05, 3.63) is 12.7 Å². The molecule has 1 aliphatic carbocycles. The number of carbonyl (C=O) groups excluding carboxylic acids is 1. The first kappa shape index (κ1) is 16.3. The van der Waals surface area contributed by atoms with Crippen LogP contribution < -0.4 is 0 Å². The van der Waals surface area contributed by atoms with E-state index in [4.69, 9.17) is 4.74 Å². The molecule has 0 aliphatic heterocycles. The monoisotopic (exact) mass is 266 g/mol. The van der Waals surface area contributed by atoms with E-state index in [0.717, 1.165) is 25.7 Å². The van der Waals surface area contributed by atoms with Crippen molar-refractivity contribution in [1.82, 2.24) is 0 Å². The lowest BCUT2D eigenvalue weighted by Gasteiger charge is -2.09. The van der Waals surface area contributed by atoms with E-state index in [2.05, 4.69) is 6.58 Å². The van der Waals surface area contributed by atoms with Gasteiger partial charge in [-0.2, -0.15) is 0 Å². The van der Waals surface area contributed by atoms with Crippen LogP contribution in [-0.4, -0.2) is 12.6 Å². The molecule has 0 aromatic heterocycles. The smallest absolute Gasteiger partial charge is 0.308 e. The van der Waals surface area contributed by atoms with E-state index in [1.54, 1.807) is 0 Å². The molecule has 0 heterocycles. The lowest BCUT2D eigenvalue weighted by atomic mass is 10.1. The molecule has 0 spiro atoms. The Bertz CT molecular complexity index is 242. The largest absolute Gasteiger partial charge is 0.465 e. The summed E-state index contributed by atoms with van der Waals surface area (Å²) in [6, 6.07) is 0. The number of esters is 1. The second-order valence-corrected chi connectivity index (χ2v) is 5.70. The topological polar surface area (TPSA) is 26.3 Å². The Kier molecular flexibility index (Phi) is 9.48. The zero-order valence-corrected chi connectivity index (χ0v) is 12.4. The van der Waals surface area contributed by atoms with Crippen LogP contribution in [0.25, 0.3) is 0 Å². The molecule has 0 unspecified atom stereocenters. The molecular weight excluding hydrogens is 236 g/mol. The third kappa shape index (κ3) is 8.07. The Hall–Kier alpha value is -0.790. The molecule has 0 amide bonds. The van der Waals surface area contributed by atoms with Gasteiger partial charge in [0.1, 0.15) is 0 Å². The highest BCUT2D eigenvalue weighted by atomic mass is 16.5. The first-order valence-electron chi connectivity index (χ1n) is 8.12.